The number of carbonyl (C=O) groups is 1. The molecule has 1 aliphatic carbocycles. The Bertz CT molecular complexity index is 753. The summed E-state index contributed by atoms with van der Waals surface area (Å²) in [6.07, 6.45) is 7.39. The fourth-order valence-electron chi connectivity index (χ4n) is 4.53. The predicted octanol–water partition coefficient (Wildman–Crippen LogP) is 3.60. The number of halogens is 1. The van der Waals surface area contributed by atoms with Crippen molar-refractivity contribution < 1.29 is 14.3 Å². The molecule has 1 amide bonds. The number of aryl methyl sites for hydroxylation is 1. The maximum absolute atomic E-state index is 12.7. The van der Waals surface area contributed by atoms with Crippen LogP contribution >= 0.6 is 24.0 Å². The van der Waals surface area contributed by atoms with E-state index in [-0.39, 0.29) is 35.9 Å². The van der Waals surface area contributed by atoms with E-state index in [1.54, 1.807) is 14.2 Å². The molecule has 0 spiro atoms. The minimum absolute atomic E-state index is 0. The van der Waals surface area contributed by atoms with Gasteiger partial charge in [0, 0.05) is 38.1 Å². The van der Waals surface area contributed by atoms with Gasteiger partial charge >= 0.3 is 0 Å². The lowest BCUT2D eigenvalue weighted by molar-refractivity contribution is -0.134. The van der Waals surface area contributed by atoms with Gasteiger partial charge in [-0.1, -0.05) is 18.9 Å². The van der Waals surface area contributed by atoms with E-state index in [2.05, 4.69) is 23.6 Å². The largest absolute Gasteiger partial charge is 0.493 e. The normalized spacial score (nSPS) is 18.9. The quantitative estimate of drug-likeness (QED) is 0.210. The van der Waals surface area contributed by atoms with E-state index >= 15 is 0 Å². The van der Waals surface area contributed by atoms with Crippen molar-refractivity contribution in [2.75, 3.05) is 40.4 Å². The first-order valence-electron chi connectivity index (χ1n) is 11.7. The van der Waals surface area contributed by atoms with Crippen LogP contribution in [0.5, 0.6) is 11.5 Å². The third-order valence-electron chi connectivity index (χ3n) is 6.23. The Kier molecular flexibility index (Phi) is 11.4. The second kappa shape index (κ2) is 13.7. The molecular weight excluding hydrogens is 519 g/mol. The van der Waals surface area contributed by atoms with Crippen molar-refractivity contribution in [3.63, 3.8) is 0 Å². The standard InChI is InChI=1S/C24H38N4O3.HI/c1-4-25-24(26-14-7-8-18-11-12-21(30-2)22(16-18)31-3)27-20-13-15-28(17-20)23(29)19-9-5-6-10-19;/h11-12,16,19-20H,4-10,13-15,17H2,1-3H3,(H2,25,26,27);1H. The fourth-order valence-corrected chi connectivity index (χ4v) is 4.53. The summed E-state index contributed by atoms with van der Waals surface area (Å²) in [7, 11) is 3.31. The zero-order chi connectivity index (χ0) is 22.1. The second-order valence-corrected chi connectivity index (χ2v) is 8.45. The van der Waals surface area contributed by atoms with E-state index in [9.17, 15) is 4.79 Å². The van der Waals surface area contributed by atoms with Crippen LogP contribution in [0.25, 0.3) is 0 Å². The number of nitrogens with zero attached hydrogens (tertiary/aromatic N) is 2. The molecule has 3 rings (SSSR count). The third kappa shape index (κ3) is 7.42. The zero-order valence-corrected chi connectivity index (χ0v) is 22.0. The molecule has 1 aliphatic heterocycles. The van der Waals surface area contributed by atoms with Gasteiger partial charge in [-0.05, 0) is 56.7 Å². The molecule has 2 fully saturated rings. The van der Waals surface area contributed by atoms with Crippen LogP contribution < -0.4 is 20.1 Å². The molecule has 0 bridgehead atoms. The highest BCUT2D eigenvalue weighted by Gasteiger charge is 2.32. The van der Waals surface area contributed by atoms with Crippen LogP contribution in [0.1, 0.15) is 51.0 Å². The number of likely N-dealkylation sites (tertiary alicyclic amines) is 1. The lowest BCUT2D eigenvalue weighted by Crippen LogP contribution is -2.45. The van der Waals surface area contributed by atoms with Crippen LogP contribution in [0.4, 0.5) is 0 Å². The molecule has 32 heavy (non-hydrogen) atoms. The summed E-state index contributed by atoms with van der Waals surface area (Å²) in [5, 5.41) is 6.87. The van der Waals surface area contributed by atoms with Crippen molar-refractivity contribution >= 4 is 35.8 Å². The molecule has 7 nitrogen and oxygen atoms in total. The van der Waals surface area contributed by atoms with Crippen molar-refractivity contribution in [1.82, 2.24) is 15.5 Å². The summed E-state index contributed by atoms with van der Waals surface area (Å²) in [4.78, 5) is 19.5. The van der Waals surface area contributed by atoms with Gasteiger partial charge in [0.15, 0.2) is 17.5 Å². The van der Waals surface area contributed by atoms with Gasteiger partial charge in [0.05, 0.1) is 14.2 Å². The first-order chi connectivity index (χ1) is 15.1. The Morgan fingerprint density at radius 1 is 1.16 bits per heavy atom. The number of carbonyl (C=O) groups excluding carboxylic acids is 1. The maximum atomic E-state index is 12.7. The number of rotatable bonds is 9. The topological polar surface area (TPSA) is 75.2 Å². The van der Waals surface area contributed by atoms with Crippen LogP contribution in [0.2, 0.25) is 0 Å². The summed E-state index contributed by atoms with van der Waals surface area (Å²) >= 11 is 0. The van der Waals surface area contributed by atoms with Gasteiger partial charge in [-0.25, -0.2) is 0 Å². The Morgan fingerprint density at radius 2 is 1.91 bits per heavy atom. The van der Waals surface area contributed by atoms with Gasteiger partial charge in [0.25, 0.3) is 0 Å². The van der Waals surface area contributed by atoms with E-state index < -0.39 is 0 Å². The summed E-state index contributed by atoms with van der Waals surface area (Å²) < 4.78 is 10.7. The van der Waals surface area contributed by atoms with Crippen LogP contribution in [-0.2, 0) is 11.2 Å². The number of ether oxygens (including phenoxy) is 2. The van der Waals surface area contributed by atoms with Gasteiger partial charge in [-0.2, -0.15) is 0 Å². The zero-order valence-electron chi connectivity index (χ0n) is 19.7. The summed E-state index contributed by atoms with van der Waals surface area (Å²) in [6.45, 7) is 5.27. The highest BCUT2D eigenvalue weighted by molar-refractivity contribution is 14.0. The number of benzene rings is 1. The first kappa shape index (κ1) is 26.5. The molecule has 0 aromatic heterocycles. The van der Waals surface area contributed by atoms with Crippen molar-refractivity contribution in [2.45, 2.75) is 57.9 Å². The van der Waals surface area contributed by atoms with Crippen LogP contribution in [-0.4, -0.2) is 63.2 Å². The average Bonchev–Trinajstić information content (AvgIpc) is 3.48. The molecule has 8 heteroatoms. The molecular formula is C24H39IN4O3. The lowest BCUT2D eigenvalue weighted by atomic mass is 10.1. The number of nitrogens with one attached hydrogen (secondary N) is 2. The van der Waals surface area contributed by atoms with E-state index in [4.69, 9.17) is 14.5 Å². The molecule has 1 aromatic rings. The van der Waals surface area contributed by atoms with Crippen molar-refractivity contribution in [3.05, 3.63) is 23.8 Å². The Hall–Kier alpha value is -1.71. The lowest BCUT2D eigenvalue weighted by Gasteiger charge is -2.21. The Balaban J connectivity index is 0.00000363. The monoisotopic (exact) mass is 558 g/mol. The summed E-state index contributed by atoms with van der Waals surface area (Å²) in [5.41, 5.74) is 1.21. The second-order valence-electron chi connectivity index (χ2n) is 8.45. The molecule has 1 atom stereocenters. The Labute approximate surface area is 209 Å². The highest BCUT2D eigenvalue weighted by atomic mass is 127. The molecule has 1 saturated carbocycles. The van der Waals surface area contributed by atoms with Gasteiger partial charge < -0.3 is 25.0 Å². The molecule has 1 saturated heterocycles. The van der Waals surface area contributed by atoms with Crippen molar-refractivity contribution in [3.8, 4) is 11.5 Å². The highest BCUT2D eigenvalue weighted by Crippen LogP contribution is 2.28. The minimum atomic E-state index is 0. The number of guanidine groups is 1. The molecule has 2 aliphatic rings. The van der Waals surface area contributed by atoms with Crippen molar-refractivity contribution in [2.24, 2.45) is 10.9 Å². The maximum Gasteiger partial charge on any atom is 0.225 e. The van der Waals surface area contributed by atoms with Gasteiger partial charge in [0.2, 0.25) is 5.91 Å². The van der Waals surface area contributed by atoms with Crippen LogP contribution in [0, 0.1) is 5.92 Å². The predicted molar refractivity (Wildman–Crippen MR) is 139 cm³/mol. The fraction of sp³-hybridized carbons (Fsp3) is 0.667. The Morgan fingerprint density at radius 3 is 2.59 bits per heavy atom. The van der Waals surface area contributed by atoms with E-state index in [0.717, 1.165) is 75.7 Å². The van der Waals surface area contributed by atoms with Crippen LogP contribution in [0.3, 0.4) is 0 Å². The molecule has 0 radical (unpaired) electrons. The summed E-state index contributed by atoms with van der Waals surface area (Å²) in [6, 6.07) is 6.32. The van der Waals surface area contributed by atoms with Gasteiger partial charge in [-0.15, -0.1) is 24.0 Å². The SMILES string of the molecule is CCNC(=NCCCc1ccc(OC)c(OC)c1)NC1CCN(C(=O)C2CCCC2)C1.I. The van der Waals surface area contributed by atoms with Crippen molar-refractivity contribution in [1.29, 1.82) is 0 Å². The number of aliphatic imine (C=N–C) groups is 1. The number of hydrogen-bond donors (Lipinski definition) is 2. The molecule has 1 unspecified atom stereocenters. The van der Waals surface area contributed by atoms with Gasteiger partial charge in [-0.3, -0.25) is 9.79 Å². The molecule has 2 N–H and O–H groups in total. The van der Waals surface area contributed by atoms with Crippen LogP contribution in [0.15, 0.2) is 23.2 Å². The number of hydrogen-bond acceptors (Lipinski definition) is 4. The molecule has 1 aromatic carbocycles. The van der Waals surface area contributed by atoms with E-state index in [1.807, 2.05) is 17.0 Å². The number of methoxy groups -OCH3 is 2. The average molecular weight is 559 g/mol. The smallest absolute Gasteiger partial charge is 0.225 e. The van der Waals surface area contributed by atoms with Gasteiger partial charge in [0.1, 0.15) is 0 Å². The van der Waals surface area contributed by atoms with E-state index in [1.165, 1.54) is 18.4 Å². The van der Waals surface area contributed by atoms with E-state index in [0.29, 0.717) is 5.91 Å². The molecule has 1 heterocycles. The minimum Gasteiger partial charge on any atom is -0.493 e. The first-order valence-corrected chi connectivity index (χ1v) is 11.7. The summed E-state index contributed by atoms with van der Waals surface area (Å²) in [5.74, 6) is 2.97. The number of amides is 1. The molecule has 180 valence electrons. The third-order valence-corrected chi connectivity index (χ3v) is 6.23.